The summed E-state index contributed by atoms with van der Waals surface area (Å²) in [6.45, 7) is 8.60. The molecule has 4 unspecified atom stereocenters. The van der Waals surface area contributed by atoms with E-state index in [1.807, 2.05) is 6.08 Å². The summed E-state index contributed by atoms with van der Waals surface area (Å²) < 4.78 is 5.71. The molecule has 0 aromatic carbocycles. The molecule has 4 rings (SSSR count). The van der Waals surface area contributed by atoms with Crippen LogP contribution in [0, 0.1) is 45.8 Å². The van der Waals surface area contributed by atoms with Crippen LogP contribution in [-0.2, 0) is 9.53 Å². The third-order valence-electron chi connectivity index (χ3n) is 11.4. The van der Waals surface area contributed by atoms with Crippen molar-refractivity contribution < 1.29 is 14.6 Å². The summed E-state index contributed by atoms with van der Waals surface area (Å²) in [7, 11) is 0. The number of nitriles is 1. The van der Waals surface area contributed by atoms with Crippen LogP contribution in [0.25, 0.3) is 0 Å². The third-order valence-corrected chi connectivity index (χ3v) is 11.4. The summed E-state index contributed by atoms with van der Waals surface area (Å²) in [6.07, 6.45) is 19.4. The zero-order valence-electron chi connectivity index (χ0n) is 23.3. The van der Waals surface area contributed by atoms with E-state index in [9.17, 15) is 9.90 Å². The number of rotatable bonds is 12. The zero-order chi connectivity index (χ0) is 25.8. The predicted molar refractivity (Wildman–Crippen MR) is 144 cm³/mol. The lowest BCUT2D eigenvalue weighted by Crippen LogP contribution is -2.56. The maximum atomic E-state index is 12.4. The van der Waals surface area contributed by atoms with Crippen molar-refractivity contribution in [2.45, 2.75) is 129 Å². The number of allylic oxidation sites excluding steroid dienone is 1. The Morgan fingerprint density at radius 1 is 0.972 bits per heavy atom. The number of nitrogens with zero attached hydrogens (tertiary/aromatic N) is 1. The van der Waals surface area contributed by atoms with Crippen LogP contribution in [0.15, 0.2) is 11.6 Å². The average molecular weight is 498 g/mol. The largest absolute Gasteiger partial charge is 0.390 e. The van der Waals surface area contributed by atoms with Gasteiger partial charge >= 0.3 is 0 Å². The third kappa shape index (κ3) is 5.49. The number of carbonyl (C=O) groups excluding carboxylic acids is 1. The zero-order valence-corrected chi connectivity index (χ0v) is 23.3. The molecule has 0 amide bonds. The summed E-state index contributed by atoms with van der Waals surface area (Å²) in [5, 5.41) is 19.9. The van der Waals surface area contributed by atoms with E-state index in [2.05, 4.69) is 26.8 Å². The van der Waals surface area contributed by atoms with Gasteiger partial charge in [-0.1, -0.05) is 45.1 Å². The Morgan fingerprint density at radius 3 is 2.44 bits per heavy atom. The smallest absolute Gasteiger partial charge is 0.155 e. The van der Waals surface area contributed by atoms with Gasteiger partial charge in [0.25, 0.3) is 0 Å². The molecule has 0 aromatic heterocycles. The highest BCUT2D eigenvalue weighted by atomic mass is 16.5. The van der Waals surface area contributed by atoms with Crippen molar-refractivity contribution in [3.8, 4) is 6.07 Å². The van der Waals surface area contributed by atoms with Gasteiger partial charge in [0, 0.05) is 26.1 Å². The van der Waals surface area contributed by atoms with Crippen LogP contribution in [0.2, 0.25) is 0 Å². The summed E-state index contributed by atoms with van der Waals surface area (Å²) in [5.41, 5.74) is 1.16. The molecule has 0 aromatic rings. The van der Waals surface area contributed by atoms with Crippen LogP contribution < -0.4 is 0 Å². The first-order chi connectivity index (χ1) is 17.2. The minimum Gasteiger partial charge on any atom is -0.390 e. The second-order valence-electron chi connectivity index (χ2n) is 13.4. The van der Waals surface area contributed by atoms with Crippen LogP contribution >= 0.6 is 0 Å². The summed E-state index contributed by atoms with van der Waals surface area (Å²) in [5.74, 6) is 3.00. The molecule has 0 spiro atoms. The minimum atomic E-state index is -0.537. The fourth-order valence-corrected chi connectivity index (χ4v) is 8.90. The topological polar surface area (TPSA) is 70.3 Å². The molecule has 4 heteroatoms. The molecule has 36 heavy (non-hydrogen) atoms. The van der Waals surface area contributed by atoms with E-state index >= 15 is 0 Å². The minimum absolute atomic E-state index is 0.0447. The summed E-state index contributed by atoms with van der Waals surface area (Å²) in [4.78, 5) is 12.4. The predicted octanol–water partition coefficient (Wildman–Crippen LogP) is 7.55. The molecule has 1 N–H and O–H groups in total. The van der Waals surface area contributed by atoms with Gasteiger partial charge in [0.05, 0.1) is 11.7 Å². The maximum absolute atomic E-state index is 12.4. The normalized spacial score (nSPS) is 39.6. The second kappa shape index (κ2) is 11.7. The van der Waals surface area contributed by atoms with Gasteiger partial charge in [-0.05, 0) is 112 Å². The number of ether oxygens (including phenoxy) is 1. The van der Waals surface area contributed by atoms with Gasteiger partial charge in [0.15, 0.2) is 5.78 Å². The summed E-state index contributed by atoms with van der Waals surface area (Å²) >= 11 is 0. The van der Waals surface area contributed by atoms with Crippen molar-refractivity contribution in [1.29, 1.82) is 5.26 Å². The molecule has 4 aliphatic carbocycles. The molecule has 3 saturated carbocycles. The number of carbonyl (C=O) groups is 1. The van der Waals surface area contributed by atoms with Crippen LogP contribution in [-0.4, -0.2) is 29.7 Å². The van der Waals surface area contributed by atoms with Gasteiger partial charge in [-0.3, -0.25) is 4.79 Å². The van der Waals surface area contributed by atoms with Crippen molar-refractivity contribution in [2.24, 2.45) is 34.5 Å². The number of fused-ring (bicyclic) bond motifs is 5. The quantitative estimate of drug-likeness (QED) is 0.283. The monoisotopic (exact) mass is 497 g/mol. The lowest BCUT2D eigenvalue weighted by Gasteiger charge is -2.61. The van der Waals surface area contributed by atoms with E-state index in [-0.39, 0.29) is 10.8 Å². The molecule has 202 valence electrons. The highest BCUT2D eigenvalue weighted by Gasteiger charge is 2.64. The number of hydrogen-bond donors (Lipinski definition) is 1. The average Bonchev–Trinajstić information content (AvgIpc) is 3.09. The number of unbranched alkanes of at least 4 members (excludes halogenated alkanes) is 6. The highest BCUT2D eigenvalue weighted by molar-refractivity contribution is 5.91. The van der Waals surface area contributed by atoms with Crippen LogP contribution in [0.4, 0.5) is 0 Å². The Hall–Kier alpha value is -1.18. The molecule has 4 aliphatic rings. The maximum Gasteiger partial charge on any atom is 0.155 e. The lowest BCUT2D eigenvalue weighted by molar-refractivity contribution is -0.135. The molecular formula is C32H51NO3. The molecule has 7 atom stereocenters. The van der Waals surface area contributed by atoms with Crippen LogP contribution in [0.1, 0.15) is 124 Å². The van der Waals surface area contributed by atoms with E-state index in [0.717, 1.165) is 64.6 Å². The molecule has 0 aliphatic heterocycles. The van der Waals surface area contributed by atoms with E-state index in [4.69, 9.17) is 10.00 Å². The Kier molecular flexibility index (Phi) is 9.04. The first kappa shape index (κ1) is 27.8. The Bertz CT molecular complexity index is 841. The number of aliphatic hydroxyl groups is 1. The number of hydrogen-bond acceptors (Lipinski definition) is 4. The standard InChI is InChI=1S/C32H51NO3/c1-30-16-13-26(34)23-25(30)22-24(12-8-5-4-6-10-20-36-21-11-7-9-19-33)29-27(30)14-17-31(2)28(29)15-18-32(31,3)35/h23-24,27-29,35H,4-18,20-22H2,1-3H3/t24?,27?,28?,29?,30-,31-,32-/m0/s1. The molecule has 0 radical (unpaired) electrons. The molecule has 0 saturated heterocycles. The van der Waals surface area contributed by atoms with Gasteiger partial charge in [0.1, 0.15) is 0 Å². The molecule has 4 nitrogen and oxygen atoms in total. The lowest BCUT2D eigenvalue weighted by atomic mass is 9.44. The van der Waals surface area contributed by atoms with Gasteiger partial charge < -0.3 is 9.84 Å². The highest BCUT2D eigenvalue weighted by Crippen LogP contribution is 2.69. The van der Waals surface area contributed by atoms with E-state index < -0.39 is 5.60 Å². The van der Waals surface area contributed by atoms with E-state index in [0.29, 0.717) is 35.9 Å². The molecular weight excluding hydrogens is 446 g/mol. The van der Waals surface area contributed by atoms with Gasteiger partial charge in [-0.15, -0.1) is 0 Å². The van der Waals surface area contributed by atoms with E-state index in [1.54, 1.807) is 0 Å². The number of ketones is 1. The van der Waals surface area contributed by atoms with Crippen molar-refractivity contribution in [3.63, 3.8) is 0 Å². The SMILES string of the molecule is C[C@]12CCC(=O)C=C1CC(CCCCCCCOCCCCC#N)C1C2CC[C@@]2(C)C1CC[C@]2(C)O. The van der Waals surface area contributed by atoms with Crippen molar-refractivity contribution in [1.82, 2.24) is 0 Å². The first-order valence-corrected chi connectivity index (χ1v) is 15.1. The fourth-order valence-electron chi connectivity index (χ4n) is 8.90. The second-order valence-corrected chi connectivity index (χ2v) is 13.4. The van der Waals surface area contributed by atoms with Crippen molar-refractivity contribution in [3.05, 3.63) is 11.6 Å². The van der Waals surface area contributed by atoms with Gasteiger partial charge in [-0.2, -0.15) is 5.26 Å². The molecule has 0 bridgehead atoms. The van der Waals surface area contributed by atoms with Gasteiger partial charge in [0.2, 0.25) is 0 Å². The first-order valence-electron chi connectivity index (χ1n) is 15.1. The van der Waals surface area contributed by atoms with Crippen molar-refractivity contribution in [2.75, 3.05) is 13.2 Å². The Labute approximate surface area is 220 Å². The molecule has 3 fully saturated rings. The van der Waals surface area contributed by atoms with E-state index in [1.165, 1.54) is 50.5 Å². The van der Waals surface area contributed by atoms with Crippen molar-refractivity contribution >= 4 is 5.78 Å². The van der Waals surface area contributed by atoms with Crippen LogP contribution in [0.3, 0.4) is 0 Å². The molecule has 0 heterocycles. The Balaban J connectivity index is 1.31. The summed E-state index contributed by atoms with van der Waals surface area (Å²) in [6, 6.07) is 2.19. The fraction of sp³-hybridized carbons (Fsp3) is 0.875. The van der Waals surface area contributed by atoms with Gasteiger partial charge in [-0.25, -0.2) is 0 Å². The van der Waals surface area contributed by atoms with Crippen LogP contribution in [0.5, 0.6) is 0 Å². The Morgan fingerprint density at radius 2 is 1.67 bits per heavy atom.